The molecule has 0 aliphatic carbocycles. The van der Waals surface area contributed by atoms with Crippen molar-refractivity contribution in [3.63, 3.8) is 0 Å². The number of pyridine rings is 2. The second-order valence-electron chi connectivity index (χ2n) is 13.3. The molecule has 2 aliphatic heterocycles. The molecule has 2 aromatic carbocycles. The van der Waals surface area contributed by atoms with E-state index in [9.17, 15) is 24.3 Å². The van der Waals surface area contributed by atoms with E-state index in [-0.39, 0.29) is 45.3 Å². The number of carboxylic acid groups (broad SMARTS) is 1. The Morgan fingerprint density at radius 1 is 0.815 bits per heavy atom. The number of hydrogen-bond donors (Lipinski definition) is 1. The van der Waals surface area contributed by atoms with Crippen molar-refractivity contribution in [2.24, 2.45) is 11.8 Å². The van der Waals surface area contributed by atoms with Gasteiger partial charge in [0.05, 0.1) is 28.4 Å². The summed E-state index contributed by atoms with van der Waals surface area (Å²) in [4.78, 5) is 71.5. The van der Waals surface area contributed by atoms with Crippen LogP contribution in [0.5, 0.6) is 0 Å². The van der Waals surface area contributed by atoms with E-state index in [0.29, 0.717) is 45.6 Å². The molecule has 2 atom stereocenters. The van der Waals surface area contributed by atoms with Crippen LogP contribution in [-0.4, -0.2) is 90.5 Å². The summed E-state index contributed by atoms with van der Waals surface area (Å²) in [6.07, 6.45) is 2.74. The molecule has 0 bridgehead atoms. The van der Waals surface area contributed by atoms with Gasteiger partial charge in [-0.05, 0) is 61.7 Å². The van der Waals surface area contributed by atoms with Gasteiger partial charge >= 0.3 is 11.9 Å². The minimum atomic E-state index is -1.33. The van der Waals surface area contributed by atoms with Gasteiger partial charge in [0.25, 0.3) is 0 Å². The Kier molecular flexibility index (Phi) is 7.82. The Labute approximate surface area is 307 Å². The van der Waals surface area contributed by atoms with Crippen LogP contribution >= 0.6 is 11.6 Å². The quantitative estimate of drug-likeness (QED) is 0.195. The summed E-state index contributed by atoms with van der Waals surface area (Å²) in [6.45, 7) is 5.67. The Morgan fingerprint density at radius 2 is 1.35 bits per heavy atom. The van der Waals surface area contributed by atoms with Gasteiger partial charge in [-0.1, -0.05) is 24.3 Å². The molecule has 10 rings (SSSR count). The number of anilines is 1. The summed E-state index contributed by atoms with van der Waals surface area (Å²) >= 11 is 5.88. The molecule has 1 N–H and O–H groups in total. The summed E-state index contributed by atoms with van der Waals surface area (Å²) in [5.74, 6) is -0.363. The maximum absolute atomic E-state index is 12.9. The SMILES string of the molecule is CCOC(=O)c1c(=O)c2cnc(Cl)nc2n2c1oc1ccccc12.CN1CC2CN(c3ncc4c(=O)c(C(=O)O)c5oc6ccccc6n5c4n3)CC2C1. The van der Waals surface area contributed by atoms with Gasteiger partial charge in [0.15, 0.2) is 33.6 Å². The monoisotopic (exact) mass is 748 g/mol. The highest BCUT2D eigenvalue weighted by Crippen LogP contribution is 2.33. The zero-order chi connectivity index (χ0) is 37.4. The number of aromatic nitrogens is 6. The highest BCUT2D eigenvalue weighted by molar-refractivity contribution is 6.28. The van der Waals surface area contributed by atoms with E-state index in [1.807, 2.05) is 18.2 Å². The molecule has 272 valence electrons. The molecular formula is C37H29ClN8O8. The fraction of sp³-hybridized carbons (Fsp3) is 0.243. The summed E-state index contributed by atoms with van der Waals surface area (Å²) in [6, 6.07) is 14.3. The first-order valence-electron chi connectivity index (χ1n) is 17.1. The lowest BCUT2D eigenvalue weighted by Crippen LogP contribution is -2.28. The van der Waals surface area contributed by atoms with E-state index in [4.69, 9.17) is 30.2 Å². The molecule has 2 saturated heterocycles. The molecular weight excluding hydrogens is 720 g/mol. The predicted octanol–water partition coefficient (Wildman–Crippen LogP) is 4.50. The summed E-state index contributed by atoms with van der Waals surface area (Å²) < 4.78 is 19.7. The van der Waals surface area contributed by atoms with Crippen molar-refractivity contribution in [2.75, 3.05) is 44.7 Å². The fourth-order valence-electron chi connectivity index (χ4n) is 7.68. The molecule has 2 unspecified atom stereocenters. The van der Waals surface area contributed by atoms with Crippen LogP contribution in [0, 0.1) is 11.8 Å². The molecule has 2 aliphatic rings. The van der Waals surface area contributed by atoms with Gasteiger partial charge < -0.3 is 28.5 Å². The smallest absolute Gasteiger partial charge is 0.347 e. The standard InChI is InChI=1S/C21H19N5O4.C16H10ClN3O4/c1-24-7-11-9-25(10-12(11)8-24)21-22-6-13-17(27)16(20(28)29)19-26(18(13)23-21)14-4-2-3-5-15(14)30-19;1-2-23-15(22)11-12(21)8-7-18-16(17)19-13(8)20-9-5-3-4-6-10(9)24-14(11)20/h2-6,11-12H,7-10H2,1H3,(H,28,29);3-7H,2H2,1H3. The van der Waals surface area contributed by atoms with Gasteiger partial charge in [-0.2, -0.15) is 9.97 Å². The molecule has 54 heavy (non-hydrogen) atoms. The van der Waals surface area contributed by atoms with Crippen LogP contribution in [0.4, 0.5) is 5.95 Å². The number of fused-ring (bicyclic) bond motifs is 11. The van der Waals surface area contributed by atoms with E-state index in [2.05, 4.69) is 31.8 Å². The van der Waals surface area contributed by atoms with Crippen LogP contribution in [-0.2, 0) is 4.74 Å². The molecule has 0 radical (unpaired) electrons. The molecule has 2 fully saturated rings. The van der Waals surface area contributed by atoms with Crippen LogP contribution in [0.2, 0.25) is 5.28 Å². The molecule has 8 heterocycles. The van der Waals surface area contributed by atoms with Crippen molar-refractivity contribution in [1.82, 2.24) is 33.6 Å². The number of carbonyl (C=O) groups is 2. The third kappa shape index (κ3) is 5.16. The maximum Gasteiger partial charge on any atom is 0.347 e. The number of benzene rings is 2. The van der Waals surface area contributed by atoms with Gasteiger partial charge in [-0.3, -0.25) is 18.4 Å². The van der Waals surface area contributed by atoms with Gasteiger partial charge in [0, 0.05) is 38.6 Å². The van der Waals surface area contributed by atoms with Crippen molar-refractivity contribution in [3.8, 4) is 0 Å². The first-order chi connectivity index (χ1) is 26.1. The van der Waals surface area contributed by atoms with Crippen molar-refractivity contribution in [1.29, 1.82) is 0 Å². The number of hydrogen-bond acceptors (Lipinski definition) is 13. The number of esters is 1. The number of aromatic carboxylic acids is 1. The molecule has 8 aromatic rings. The number of likely N-dealkylation sites (tertiary alicyclic amines) is 1. The zero-order valence-corrected chi connectivity index (χ0v) is 29.5. The van der Waals surface area contributed by atoms with E-state index in [1.54, 1.807) is 46.1 Å². The topological polar surface area (TPSA) is 191 Å². The number of halogens is 1. The first-order valence-corrected chi connectivity index (χ1v) is 17.5. The van der Waals surface area contributed by atoms with E-state index >= 15 is 0 Å². The lowest BCUT2D eigenvalue weighted by Gasteiger charge is -2.19. The van der Waals surface area contributed by atoms with Crippen molar-refractivity contribution < 1.29 is 28.3 Å². The van der Waals surface area contributed by atoms with Crippen LogP contribution in [0.25, 0.3) is 55.7 Å². The second-order valence-corrected chi connectivity index (χ2v) is 13.6. The Morgan fingerprint density at radius 3 is 1.94 bits per heavy atom. The van der Waals surface area contributed by atoms with Crippen LogP contribution in [0.15, 0.2) is 79.3 Å². The first kappa shape index (κ1) is 33.4. The molecule has 16 nitrogen and oxygen atoms in total. The fourth-order valence-corrected chi connectivity index (χ4v) is 7.81. The van der Waals surface area contributed by atoms with Gasteiger partial charge in [-0.15, -0.1) is 0 Å². The van der Waals surface area contributed by atoms with E-state index < -0.39 is 28.4 Å². The highest BCUT2D eigenvalue weighted by atomic mass is 35.5. The van der Waals surface area contributed by atoms with Crippen molar-refractivity contribution in [3.05, 3.63) is 97.8 Å². The number of ether oxygens (including phenoxy) is 1. The third-order valence-electron chi connectivity index (χ3n) is 9.97. The highest BCUT2D eigenvalue weighted by Gasteiger charge is 2.39. The molecule has 6 aromatic heterocycles. The Bertz CT molecular complexity index is 2980. The van der Waals surface area contributed by atoms with E-state index in [1.165, 1.54) is 12.4 Å². The number of carbonyl (C=O) groups excluding carboxylic acids is 1. The van der Waals surface area contributed by atoms with Crippen molar-refractivity contribution >= 4 is 85.2 Å². The minimum Gasteiger partial charge on any atom is -0.477 e. The molecule has 17 heteroatoms. The second kappa shape index (κ2) is 12.6. The number of nitrogens with zero attached hydrogens (tertiary/aromatic N) is 8. The average molecular weight is 749 g/mol. The zero-order valence-electron chi connectivity index (χ0n) is 28.7. The number of oxazole rings is 2. The van der Waals surface area contributed by atoms with Crippen LogP contribution in [0.1, 0.15) is 27.6 Å². The van der Waals surface area contributed by atoms with Crippen LogP contribution in [0.3, 0.4) is 0 Å². The Hall–Kier alpha value is -6.39. The lowest BCUT2D eigenvalue weighted by atomic mass is 10.0. The van der Waals surface area contributed by atoms with Crippen LogP contribution < -0.4 is 15.8 Å². The lowest BCUT2D eigenvalue weighted by molar-refractivity contribution is 0.0525. The summed E-state index contributed by atoms with van der Waals surface area (Å²) in [7, 11) is 2.14. The molecule has 0 saturated carbocycles. The summed E-state index contributed by atoms with van der Waals surface area (Å²) in [5.41, 5.74) is 1.21. The van der Waals surface area contributed by atoms with Gasteiger partial charge in [0.1, 0.15) is 0 Å². The number of rotatable bonds is 4. The normalized spacial score (nSPS) is 17.2. The minimum absolute atomic E-state index is 0.00855. The van der Waals surface area contributed by atoms with Gasteiger partial charge in [-0.25, -0.2) is 19.6 Å². The molecule has 0 spiro atoms. The largest absolute Gasteiger partial charge is 0.477 e. The third-order valence-corrected chi connectivity index (χ3v) is 10.1. The predicted molar refractivity (Wildman–Crippen MR) is 198 cm³/mol. The summed E-state index contributed by atoms with van der Waals surface area (Å²) in [5, 5.41) is 9.98. The number of para-hydroxylation sites is 4. The van der Waals surface area contributed by atoms with E-state index in [0.717, 1.165) is 26.2 Å². The van der Waals surface area contributed by atoms with Crippen molar-refractivity contribution in [2.45, 2.75) is 6.92 Å². The maximum atomic E-state index is 12.9. The van der Waals surface area contributed by atoms with Gasteiger partial charge in [0.2, 0.25) is 33.5 Å². The molecule has 0 amide bonds. The average Bonchev–Trinajstić information content (AvgIpc) is 3.92. The number of carboxylic acids is 1. The Balaban J connectivity index is 0.000000146.